The number of nitrogens with zero attached hydrogens (tertiary/aromatic N) is 2. The van der Waals surface area contributed by atoms with Gasteiger partial charge in [-0.05, 0) is 17.5 Å². The minimum atomic E-state index is -0.597. The fourth-order valence-corrected chi connectivity index (χ4v) is 2.02. The van der Waals surface area contributed by atoms with Gasteiger partial charge in [-0.25, -0.2) is 9.36 Å². The van der Waals surface area contributed by atoms with Crippen molar-refractivity contribution in [3.8, 4) is 0 Å². The van der Waals surface area contributed by atoms with Crippen molar-refractivity contribution in [3.05, 3.63) is 46.4 Å². The van der Waals surface area contributed by atoms with Crippen LogP contribution in [0.15, 0.2) is 35.1 Å². The number of benzene rings is 1. The first-order valence-electron chi connectivity index (χ1n) is 5.08. The quantitative estimate of drug-likeness (QED) is 0.677. The first-order valence-corrected chi connectivity index (χ1v) is 5.08. The number of pyridine rings is 1. The maximum absolute atomic E-state index is 12.1. The van der Waals surface area contributed by atoms with Gasteiger partial charge in [0.1, 0.15) is 5.69 Å². The van der Waals surface area contributed by atoms with Crippen LogP contribution >= 0.6 is 0 Å². The van der Waals surface area contributed by atoms with Gasteiger partial charge < -0.3 is 0 Å². The number of imide groups is 1. The van der Waals surface area contributed by atoms with E-state index < -0.39 is 17.5 Å². The summed E-state index contributed by atoms with van der Waals surface area (Å²) in [4.78, 5) is 36.5. The molecule has 1 aliphatic rings. The average molecular weight is 228 g/mol. The first-order chi connectivity index (χ1) is 8.11. The standard InChI is InChI=1S/C12H8N2O3/c1-13-11(16)9-6-7-4-2-3-5-8(7)10(15)14(9)12(13)17/h2-6H,1H3. The monoisotopic (exact) mass is 228 g/mol. The Morgan fingerprint density at radius 1 is 1.06 bits per heavy atom. The van der Waals surface area contributed by atoms with E-state index in [1.165, 1.54) is 7.05 Å². The molecule has 0 radical (unpaired) electrons. The number of rotatable bonds is 0. The van der Waals surface area contributed by atoms with E-state index in [1.54, 1.807) is 30.3 Å². The Labute approximate surface area is 95.9 Å². The molecule has 2 amide bonds. The highest BCUT2D eigenvalue weighted by atomic mass is 16.2. The van der Waals surface area contributed by atoms with Crippen LogP contribution in [0.5, 0.6) is 0 Å². The molecule has 0 atom stereocenters. The van der Waals surface area contributed by atoms with E-state index in [0.29, 0.717) is 10.8 Å². The van der Waals surface area contributed by atoms with Crippen molar-refractivity contribution in [2.45, 2.75) is 0 Å². The third-order valence-electron chi connectivity index (χ3n) is 2.93. The molecule has 0 saturated carbocycles. The van der Waals surface area contributed by atoms with E-state index in [2.05, 4.69) is 0 Å². The Balaban J connectivity index is 2.51. The number of hydrogen-bond donors (Lipinski definition) is 0. The Kier molecular flexibility index (Phi) is 1.75. The van der Waals surface area contributed by atoms with Crippen LogP contribution in [0.4, 0.5) is 4.79 Å². The van der Waals surface area contributed by atoms with E-state index in [-0.39, 0.29) is 5.69 Å². The summed E-state index contributed by atoms with van der Waals surface area (Å²) in [5, 5.41) is 1.10. The summed E-state index contributed by atoms with van der Waals surface area (Å²) in [6.07, 6.45) is 0. The van der Waals surface area contributed by atoms with Crippen molar-refractivity contribution >= 4 is 22.7 Å². The highest BCUT2D eigenvalue weighted by Gasteiger charge is 2.34. The molecule has 1 aromatic heterocycles. The van der Waals surface area contributed by atoms with E-state index in [4.69, 9.17) is 0 Å². The molecule has 2 aromatic rings. The number of carbonyl (C=O) groups is 2. The smallest absolute Gasteiger partial charge is 0.268 e. The van der Waals surface area contributed by atoms with Crippen molar-refractivity contribution in [1.82, 2.24) is 9.47 Å². The molecule has 2 heterocycles. The molecule has 0 N–H and O–H groups in total. The Bertz CT molecular complexity index is 730. The van der Waals surface area contributed by atoms with Crippen molar-refractivity contribution in [3.63, 3.8) is 0 Å². The predicted octanol–water partition coefficient (Wildman–Crippen LogP) is 1.06. The van der Waals surface area contributed by atoms with Gasteiger partial charge in [-0.2, -0.15) is 0 Å². The minimum Gasteiger partial charge on any atom is -0.268 e. The van der Waals surface area contributed by atoms with Crippen LogP contribution in [0, 0.1) is 0 Å². The zero-order valence-corrected chi connectivity index (χ0v) is 9.01. The van der Waals surface area contributed by atoms with E-state index in [1.807, 2.05) is 0 Å². The van der Waals surface area contributed by atoms with Crippen LogP contribution in [0.3, 0.4) is 0 Å². The molecule has 3 rings (SSSR count). The van der Waals surface area contributed by atoms with Gasteiger partial charge in [0, 0.05) is 12.4 Å². The summed E-state index contributed by atoms with van der Waals surface area (Å²) in [7, 11) is 1.36. The van der Waals surface area contributed by atoms with Crippen molar-refractivity contribution in [1.29, 1.82) is 0 Å². The number of fused-ring (bicyclic) bond motifs is 2. The molecule has 1 aromatic carbocycles. The molecule has 84 valence electrons. The SMILES string of the molecule is CN1C(=O)c2cc3ccccc3c(=O)n2C1=O. The van der Waals surface area contributed by atoms with Crippen LogP contribution in [0.1, 0.15) is 10.5 Å². The summed E-state index contributed by atoms with van der Waals surface area (Å²) in [6, 6.07) is 7.86. The molecule has 1 aliphatic heterocycles. The second-order valence-electron chi connectivity index (χ2n) is 3.90. The molecule has 0 unspecified atom stereocenters. The van der Waals surface area contributed by atoms with Gasteiger partial charge in [0.2, 0.25) is 0 Å². The molecule has 0 bridgehead atoms. The van der Waals surface area contributed by atoms with Gasteiger partial charge in [-0.15, -0.1) is 0 Å². The van der Waals surface area contributed by atoms with Gasteiger partial charge in [0.25, 0.3) is 11.5 Å². The largest absolute Gasteiger partial charge is 0.338 e. The maximum Gasteiger partial charge on any atom is 0.338 e. The lowest BCUT2D eigenvalue weighted by Crippen LogP contribution is -2.30. The molecule has 5 nitrogen and oxygen atoms in total. The van der Waals surface area contributed by atoms with Crippen LogP contribution in [0.2, 0.25) is 0 Å². The van der Waals surface area contributed by atoms with Crippen LogP contribution in [-0.2, 0) is 0 Å². The van der Waals surface area contributed by atoms with E-state index in [9.17, 15) is 14.4 Å². The third-order valence-corrected chi connectivity index (χ3v) is 2.93. The lowest BCUT2D eigenvalue weighted by molar-refractivity contribution is 0.0860. The highest BCUT2D eigenvalue weighted by molar-refractivity contribution is 6.12. The summed E-state index contributed by atoms with van der Waals surface area (Å²) < 4.78 is 0.921. The van der Waals surface area contributed by atoms with Gasteiger partial charge in [0.15, 0.2) is 0 Å². The first kappa shape index (κ1) is 9.77. The summed E-state index contributed by atoms with van der Waals surface area (Å²) in [6.45, 7) is 0. The molecule has 0 fully saturated rings. The Hall–Kier alpha value is -2.43. The minimum absolute atomic E-state index is 0.126. The molecule has 5 heteroatoms. The van der Waals surface area contributed by atoms with Crippen molar-refractivity contribution in [2.75, 3.05) is 7.05 Å². The van der Waals surface area contributed by atoms with Gasteiger partial charge in [-0.1, -0.05) is 18.2 Å². The summed E-state index contributed by atoms with van der Waals surface area (Å²) >= 11 is 0. The second kappa shape index (κ2) is 3.04. The van der Waals surface area contributed by atoms with Crippen LogP contribution in [-0.4, -0.2) is 28.5 Å². The normalized spacial score (nSPS) is 14.5. The number of carbonyl (C=O) groups excluding carboxylic acids is 2. The third kappa shape index (κ3) is 1.10. The molecular formula is C12H8N2O3. The predicted molar refractivity (Wildman–Crippen MR) is 61.1 cm³/mol. The van der Waals surface area contributed by atoms with Crippen LogP contribution in [0.25, 0.3) is 10.8 Å². The van der Waals surface area contributed by atoms with Gasteiger partial charge in [-0.3, -0.25) is 14.5 Å². The van der Waals surface area contributed by atoms with E-state index >= 15 is 0 Å². The highest BCUT2D eigenvalue weighted by Crippen LogP contribution is 2.18. The molecule has 0 aliphatic carbocycles. The zero-order chi connectivity index (χ0) is 12.2. The molecule has 17 heavy (non-hydrogen) atoms. The number of aromatic nitrogens is 1. The fraction of sp³-hybridized carbons (Fsp3) is 0.0833. The molecular weight excluding hydrogens is 220 g/mol. The Morgan fingerprint density at radius 3 is 2.53 bits per heavy atom. The number of amides is 2. The average Bonchev–Trinajstić information content (AvgIpc) is 2.55. The molecule has 0 saturated heterocycles. The maximum atomic E-state index is 12.1. The molecule has 0 spiro atoms. The second-order valence-corrected chi connectivity index (χ2v) is 3.90. The lowest BCUT2D eigenvalue weighted by Gasteiger charge is -2.02. The fourth-order valence-electron chi connectivity index (χ4n) is 2.02. The Morgan fingerprint density at radius 2 is 1.76 bits per heavy atom. The van der Waals surface area contributed by atoms with E-state index in [0.717, 1.165) is 9.47 Å². The topological polar surface area (TPSA) is 59.4 Å². The van der Waals surface area contributed by atoms with Crippen molar-refractivity contribution in [2.24, 2.45) is 0 Å². The zero-order valence-electron chi connectivity index (χ0n) is 9.01. The van der Waals surface area contributed by atoms with Gasteiger partial charge >= 0.3 is 6.03 Å². The van der Waals surface area contributed by atoms with Gasteiger partial charge in [0.05, 0.1) is 0 Å². The number of hydrogen-bond acceptors (Lipinski definition) is 3. The van der Waals surface area contributed by atoms with Crippen molar-refractivity contribution < 1.29 is 9.59 Å². The van der Waals surface area contributed by atoms with Crippen LogP contribution < -0.4 is 5.56 Å². The summed E-state index contributed by atoms with van der Waals surface area (Å²) in [5.41, 5.74) is -0.318. The lowest BCUT2D eigenvalue weighted by atomic mass is 10.1. The summed E-state index contributed by atoms with van der Waals surface area (Å²) in [5.74, 6) is -0.446.